The number of sulfonamides is 1. The third-order valence-electron chi connectivity index (χ3n) is 4.28. The van der Waals surface area contributed by atoms with Crippen LogP contribution in [0.25, 0.3) is 0 Å². The lowest BCUT2D eigenvalue weighted by molar-refractivity contribution is 0.138. The number of nitriles is 1. The zero-order chi connectivity index (χ0) is 18.6. The van der Waals surface area contributed by atoms with Crippen LogP contribution in [0.2, 0.25) is 5.02 Å². The van der Waals surface area contributed by atoms with Gasteiger partial charge in [-0.2, -0.15) is 5.26 Å². The maximum absolute atomic E-state index is 12.5. The number of hydrogen-bond donors (Lipinski definition) is 1. The highest BCUT2D eigenvalue weighted by Crippen LogP contribution is 2.24. The molecular weight excluding hydrogens is 374 g/mol. The molecule has 6 nitrogen and oxygen atoms in total. The van der Waals surface area contributed by atoms with Crippen molar-refractivity contribution in [1.29, 1.82) is 5.26 Å². The van der Waals surface area contributed by atoms with Crippen LogP contribution in [0.5, 0.6) is 5.88 Å². The molecule has 0 saturated heterocycles. The van der Waals surface area contributed by atoms with E-state index in [-0.39, 0.29) is 17.0 Å². The molecule has 1 aromatic carbocycles. The molecule has 0 bridgehead atoms. The van der Waals surface area contributed by atoms with Crippen LogP contribution >= 0.6 is 11.6 Å². The summed E-state index contributed by atoms with van der Waals surface area (Å²) in [5, 5.41) is 9.35. The maximum atomic E-state index is 12.5. The Balaban J connectivity index is 1.54. The van der Waals surface area contributed by atoms with Crippen LogP contribution in [0, 0.1) is 11.3 Å². The summed E-state index contributed by atoms with van der Waals surface area (Å²) in [6, 6.07) is 11.2. The molecular formula is C18H18ClN3O3S. The fourth-order valence-corrected chi connectivity index (χ4v) is 4.31. The number of halogens is 1. The Morgan fingerprint density at radius 3 is 2.38 bits per heavy atom. The van der Waals surface area contributed by atoms with Crippen molar-refractivity contribution in [2.45, 2.75) is 42.7 Å². The first kappa shape index (κ1) is 18.6. The summed E-state index contributed by atoms with van der Waals surface area (Å²) in [4.78, 5) is 4.28. The molecule has 1 aromatic heterocycles. The number of nitrogens with zero attached hydrogens (tertiary/aromatic N) is 2. The van der Waals surface area contributed by atoms with E-state index in [0.29, 0.717) is 29.3 Å². The van der Waals surface area contributed by atoms with Gasteiger partial charge in [-0.25, -0.2) is 18.1 Å². The van der Waals surface area contributed by atoms with Crippen LogP contribution in [-0.4, -0.2) is 25.5 Å². The molecule has 1 N–H and O–H groups in total. The summed E-state index contributed by atoms with van der Waals surface area (Å²) in [7, 11) is -3.59. The number of benzene rings is 1. The number of rotatable bonds is 5. The van der Waals surface area contributed by atoms with Crippen LogP contribution in [0.1, 0.15) is 31.2 Å². The van der Waals surface area contributed by atoms with Gasteiger partial charge < -0.3 is 4.74 Å². The molecule has 1 saturated carbocycles. The van der Waals surface area contributed by atoms with E-state index in [4.69, 9.17) is 21.6 Å². The summed E-state index contributed by atoms with van der Waals surface area (Å²) < 4.78 is 33.5. The quantitative estimate of drug-likeness (QED) is 0.844. The van der Waals surface area contributed by atoms with Crippen molar-refractivity contribution in [3.05, 3.63) is 53.2 Å². The minimum atomic E-state index is -3.59. The van der Waals surface area contributed by atoms with Crippen molar-refractivity contribution in [2.24, 2.45) is 0 Å². The monoisotopic (exact) mass is 391 g/mol. The van der Waals surface area contributed by atoms with Gasteiger partial charge in [-0.1, -0.05) is 11.6 Å². The Kier molecular flexibility index (Phi) is 5.77. The highest BCUT2D eigenvalue weighted by Gasteiger charge is 2.26. The maximum Gasteiger partial charge on any atom is 0.240 e. The molecule has 0 atom stereocenters. The fourth-order valence-electron chi connectivity index (χ4n) is 2.90. The molecule has 1 aliphatic rings. The van der Waals surface area contributed by atoms with E-state index in [0.717, 1.165) is 12.8 Å². The van der Waals surface area contributed by atoms with E-state index in [1.54, 1.807) is 12.1 Å². The molecule has 2 aromatic rings. The molecule has 0 amide bonds. The lowest BCUT2D eigenvalue weighted by Crippen LogP contribution is -2.39. The average molecular weight is 392 g/mol. The summed E-state index contributed by atoms with van der Waals surface area (Å²) in [6.07, 6.45) is 4.41. The number of pyridine rings is 1. The van der Waals surface area contributed by atoms with Gasteiger partial charge in [-0.05, 0) is 56.0 Å². The summed E-state index contributed by atoms with van der Waals surface area (Å²) >= 11 is 5.80. The second-order valence-corrected chi connectivity index (χ2v) is 8.31. The molecule has 0 spiro atoms. The van der Waals surface area contributed by atoms with E-state index in [9.17, 15) is 8.42 Å². The SMILES string of the molecule is N#Cc1ccc(S(=O)(=O)NC2CCC(Oc3ccc(Cl)cn3)CC2)cc1. The Hall–Kier alpha value is -2.14. The van der Waals surface area contributed by atoms with E-state index in [2.05, 4.69) is 9.71 Å². The van der Waals surface area contributed by atoms with E-state index < -0.39 is 10.0 Å². The topological polar surface area (TPSA) is 92.1 Å². The molecule has 3 rings (SSSR count). The second-order valence-electron chi connectivity index (χ2n) is 6.16. The average Bonchev–Trinajstić information content (AvgIpc) is 2.65. The lowest BCUT2D eigenvalue weighted by atomic mass is 9.94. The van der Waals surface area contributed by atoms with Crippen LogP contribution in [-0.2, 0) is 10.0 Å². The van der Waals surface area contributed by atoms with Gasteiger partial charge in [0.05, 0.1) is 21.6 Å². The number of aromatic nitrogens is 1. The van der Waals surface area contributed by atoms with Crippen molar-refractivity contribution < 1.29 is 13.2 Å². The third kappa shape index (κ3) is 4.73. The zero-order valence-electron chi connectivity index (χ0n) is 13.9. The van der Waals surface area contributed by atoms with Crippen LogP contribution in [0.4, 0.5) is 0 Å². The van der Waals surface area contributed by atoms with Crippen molar-refractivity contribution in [3.8, 4) is 11.9 Å². The van der Waals surface area contributed by atoms with Crippen LogP contribution < -0.4 is 9.46 Å². The van der Waals surface area contributed by atoms with Gasteiger partial charge in [-0.15, -0.1) is 0 Å². The highest BCUT2D eigenvalue weighted by molar-refractivity contribution is 7.89. The Labute approximate surface area is 157 Å². The highest BCUT2D eigenvalue weighted by atomic mass is 35.5. The lowest BCUT2D eigenvalue weighted by Gasteiger charge is -2.29. The van der Waals surface area contributed by atoms with Gasteiger partial charge in [0.1, 0.15) is 6.10 Å². The van der Waals surface area contributed by atoms with Gasteiger partial charge in [0.15, 0.2) is 0 Å². The first-order valence-corrected chi connectivity index (χ1v) is 10.1. The van der Waals surface area contributed by atoms with E-state index in [1.165, 1.54) is 30.5 Å². The summed E-state index contributed by atoms with van der Waals surface area (Å²) in [6.45, 7) is 0. The van der Waals surface area contributed by atoms with Gasteiger partial charge in [-0.3, -0.25) is 0 Å². The number of ether oxygens (including phenoxy) is 1. The van der Waals surface area contributed by atoms with E-state index >= 15 is 0 Å². The Bertz CT molecular complexity index is 885. The standard InChI is InChI=1S/C18H18ClN3O3S/c19-14-3-10-18(21-12-14)25-16-6-4-15(5-7-16)22-26(23,24)17-8-1-13(11-20)2-9-17/h1-3,8-10,12,15-16,22H,4-7H2. The van der Waals surface area contributed by atoms with Gasteiger partial charge in [0, 0.05) is 18.3 Å². The van der Waals surface area contributed by atoms with Crippen molar-refractivity contribution >= 4 is 21.6 Å². The Morgan fingerprint density at radius 2 is 1.81 bits per heavy atom. The van der Waals surface area contributed by atoms with E-state index in [1.807, 2.05) is 6.07 Å². The molecule has 0 unspecified atom stereocenters. The van der Waals surface area contributed by atoms with Crippen molar-refractivity contribution in [3.63, 3.8) is 0 Å². The third-order valence-corrected chi connectivity index (χ3v) is 6.04. The molecule has 0 radical (unpaired) electrons. The first-order chi connectivity index (χ1) is 12.5. The first-order valence-electron chi connectivity index (χ1n) is 8.27. The van der Waals surface area contributed by atoms with Gasteiger partial charge in [0.25, 0.3) is 0 Å². The van der Waals surface area contributed by atoms with Crippen LogP contribution in [0.15, 0.2) is 47.5 Å². The predicted molar refractivity (Wildman–Crippen MR) is 97.4 cm³/mol. The minimum Gasteiger partial charge on any atom is -0.474 e. The smallest absolute Gasteiger partial charge is 0.240 e. The summed E-state index contributed by atoms with van der Waals surface area (Å²) in [5.41, 5.74) is 0.428. The minimum absolute atomic E-state index is 0.0133. The molecule has 136 valence electrons. The number of hydrogen-bond acceptors (Lipinski definition) is 5. The van der Waals surface area contributed by atoms with Crippen LogP contribution in [0.3, 0.4) is 0 Å². The number of nitrogens with one attached hydrogen (secondary N) is 1. The molecule has 1 aliphatic carbocycles. The van der Waals surface area contributed by atoms with Gasteiger partial charge in [0.2, 0.25) is 15.9 Å². The van der Waals surface area contributed by atoms with Gasteiger partial charge >= 0.3 is 0 Å². The Morgan fingerprint density at radius 1 is 1.12 bits per heavy atom. The van der Waals surface area contributed by atoms with Crippen molar-refractivity contribution in [1.82, 2.24) is 9.71 Å². The molecule has 0 aliphatic heterocycles. The fraction of sp³-hybridized carbons (Fsp3) is 0.333. The molecule has 26 heavy (non-hydrogen) atoms. The molecule has 1 fully saturated rings. The zero-order valence-corrected chi connectivity index (χ0v) is 15.5. The molecule has 1 heterocycles. The molecule has 8 heteroatoms. The largest absolute Gasteiger partial charge is 0.474 e. The van der Waals surface area contributed by atoms with Crippen molar-refractivity contribution in [2.75, 3.05) is 0 Å². The summed E-state index contributed by atoms with van der Waals surface area (Å²) in [5.74, 6) is 0.524. The predicted octanol–water partition coefficient (Wildman–Crippen LogP) is 3.28. The second kappa shape index (κ2) is 8.04. The normalized spacial score (nSPS) is 20.3.